The minimum absolute atomic E-state index is 0.143. The molecule has 4 N–H and O–H groups in total. The average molecular weight is 297 g/mol. The summed E-state index contributed by atoms with van der Waals surface area (Å²) in [5, 5.41) is 29.5. The van der Waals surface area contributed by atoms with E-state index in [9.17, 15) is 19.5 Å². The van der Waals surface area contributed by atoms with Gasteiger partial charge < -0.3 is 20.1 Å². The first-order valence-corrected chi connectivity index (χ1v) is 6.12. The van der Waals surface area contributed by atoms with Crippen molar-refractivity contribution in [2.75, 3.05) is 5.32 Å². The maximum Gasteiger partial charge on any atom is 0.412 e. The third kappa shape index (κ3) is 4.37. The van der Waals surface area contributed by atoms with E-state index in [-0.39, 0.29) is 12.1 Å². The Balaban J connectivity index is 2.82. The molecule has 0 bridgehead atoms. The van der Waals surface area contributed by atoms with E-state index < -0.39 is 35.4 Å². The first kappa shape index (κ1) is 16.3. The van der Waals surface area contributed by atoms with E-state index >= 15 is 0 Å². The number of benzene rings is 1. The lowest BCUT2D eigenvalue weighted by molar-refractivity contribution is -0.146. The van der Waals surface area contributed by atoms with Crippen LogP contribution in [0.2, 0.25) is 0 Å². The van der Waals surface area contributed by atoms with Crippen LogP contribution < -0.4 is 5.32 Å². The minimum atomic E-state index is -1.36. The van der Waals surface area contributed by atoms with Crippen molar-refractivity contribution in [2.45, 2.75) is 25.9 Å². The number of hydrogen-bond donors (Lipinski definition) is 4. The molecule has 1 unspecified atom stereocenters. The highest BCUT2D eigenvalue weighted by atomic mass is 16.6. The number of anilines is 1. The Morgan fingerprint density at radius 2 is 1.95 bits per heavy atom. The molecule has 0 radical (unpaired) electrons. The molecule has 1 aromatic carbocycles. The zero-order valence-electron chi connectivity index (χ0n) is 11.2. The van der Waals surface area contributed by atoms with Crippen molar-refractivity contribution in [1.82, 2.24) is 0 Å². The number of carbonyl (C=O) groups excluding carboxylic acids is 1. The van der Waals surface area contributed by atoms with Gasteiger partial charge >= 0.3 is 18.0 Å². The summed E-state index contributed by atoms with van der Waals surface area (Å²) in [5.41, 5.74) is -0.573. The van der Waals surface area contributed by atoms with Gasteiger partial charge in [-0.15, -0.1) is 0 Å². The fourth-order valence-electron chi connectivity index (χ4n) is 1.58. The van der Waals surface area contributed by atoms with Crippen LogP contribution in [-0.2, 0) is 9.53 Å². The number of carbonyl (C=O) groups is 3. The predicted octanol–water partition coefficient (Wildman–Crippen LogP) is 1.89. The van der Waals surface area contributed by atoms with Gasteiger partial charge in [-0.25, -0.2) is 14.4 Å². The van der Waals surface area contributed by atoms with Crippen LogP contribution in [-0.4, -0.2) is 39.5 Å². The van der Waals surface area contributed by atoms with Crippen LogP contribution in [0.5, 0.6) is 5.75 Å². The summed E-state index contributed by atoms with van der Waals surface area (Å²) in [6, 6.07) is 3.74. The van der Waals surface area contributed by atoms with Crippen LogP contribution >= 0.6 is 0 Å². The van der Waals surface area contributed by atoms with Crippen molar-refractivity contribution in [3.05, 3.63) is 23.8 Å². The van der Waals surface area contributed by atoms with Gasteiger partial charge in [0.2, 0.25) is 6.10 Å². The van der Waals surface area contributed by atoms with Gasteiger partial charge in [0.1, 0.15) is 5.56 Å². The molecule has 0 aromatic heterocycles. The summed E-state index contributed by atoms with van der Waals surface area (Å²) in [5.74, 6) is -3.28. The van der Waals surface area contributed by atoms with E-state index in [2.05, 4.69) is 5.32 Å². The third-order valence-electron chi connectivity index (χ3n) is 2.58. The lowest BCUT2D eigenvalue weighted by atomic mass is 10.2. The lowest BCUT2D eigenvalue weighted by Gasteiger charge is -2.14. The molecule has 21 heavy (non-hydrogen) atoms. The summed E-state index contributed by atoms with van der Waals surface area (Å²) in [4.78, 5) is 33.3. The third-order valence-corrected chi connectivity index (χ3v) is 2.58. The molecule has 0 fully saturated rings. The maximum absolute atomic E-state index is 11.6. The summed E-state index contributed by atoms with van der Waals surface area (Å²) in [7, 11) is 0. The molecular formula is C13H15NO7. The van der Waals surface area contributed by atoms with Crippen LogP contribution in [0.3, 0.4) is 0 Å². The molecule has 1 atom stereocenters. The Bertz CT molecular complexity index is 555. The van der Waals surface area contributed by atoms with Gasteiger partial charge in [0, 0.05) is 0 Å². The van der Waals surface area contributed by atoms with E-state index in [4.69, 9.17) is 14.9 Å². The Kier molecular flexibility index (Phi) is 5.53. The van der Waals surface area contributed by atoms with E-state index in [1.165, 1.54) is 12.1 Å². The number of nitrogens with one attached hydrogen (secondary N) is 1. The fraction of sp³-hybridized carbons (Fsp3) is 0.308. The number of phenols is 1. The molecular weight excluding hydrogens is 282 g/mol. The standard InChI is InChI=1S/C13H15NO7/c1-2-4-9(12(18)19)21-13(20)14-8-6-3-5-7(10(8)15)11(16)17/h3,5-6,9,15H,2,4H2,1H3,(H,14,20)(H,16,17)(H,18,19). The normalized spacial score (nSPS) is 11.5. The number of amides is 1. The van der Waals surface area contributed by atoms with Crippen molar-refractivity contribution in [1.29, 1.82) is 0 Å². The van der Waals surface area contributed by atoms with Crippen LogP contribution in [0.25, 0.3) is 0 Å². The van der Waals surface area contributed by atoms with E-state index in [1.807, 2.05) is 0 Å². The second kappa shape index (κ2) is 7.13. The molecule has 0 spiro atoms. The van der Waals surface area contributed by atoms with Gasteiger partial charge in [0.25, 0.3) is 0 Å². The fourth-order valence-corrected chi connectivity index (χ4v) is 1.58. The van der Waals surface area contributed by atoms with Gasteiger partial charge in [-0.2, -0.15) is 0 Å². The number of para-hydroxylation sites is 1. The largest absolute Gasteiger partial charge is 0.505 e. The number of carboxylic acids is 2. The van der Waals surface area contributed by atoms with Gasteiger partial charge in [0.05, 0.1) is 5.69 Å². The number of aromatic carboxylic acids is 1. The molecule has 1 amide bonds. The molecule has 8 nitrogen and oxygen atoms in total. The summed E-state index contributed by atoms with van der Waals surface area (Å²) >= 11 is 0. The molecule has 1 aromatic rings. The van der Waals surface area contributed by atoms with Crippen molar-refractivity contribution in [3.63, 3.8) is 0 Å². The Labute approximate surface area is 120 Å². The number of carboxylic acid groups (broad SMARTS) is 2. The van der Waals surface area contributed by atoms with E-state index in [0.717, 1.165) is 6.07 Å². The number of aliphatic carboxylic acids is 1. The highest BCUT2D eigenvalue weighted by molar-refractivity contribution is 5.96. The Morgan fingerprint density at radius 3 is 2.48 bits per heavy atom. The van der Waals surface area contributed by atoms with E-state index in [0.29, 0.717) is 6.42 Å². The van der Waals surface area contributed by atoms with Crippen LogP contribution in [0.4, 0.5) is 10.5 Å². The van der Waals surface area contributed by atoms with Crippen LogP contribution in [0, 0.1) is 0 Å². The maximum atomic E-state index is 11.6. The Morgan fingerprint density at radius 1 is 1.29 bits per heavy atom. The molecule has 0 aliphatic carbocycles. The van der Waals surface area contributed by atoms with E-state index in [1.54, 1.807) is 6.92 Å². The topological polar surface area (TPSA) is 133 Å². The van der Waals surface area contributed by atoms with Crippen LogP contribution in [0.1, 0.15) is 30.1 Å². The number of aromatic hydroxyl groups is 1. The molecule has 0 saturated heterocycles. The minimum Gasteiger partial charge on any atom is -0.505 e. The quantitative estimate of drug-likeness (QED) is 0.589. The lowest BCUT2D eigenvalue weighted by Crippen LogP contribution is -2.29. The number of hydrogen-bond acceptors (Lipinski definition) is 5. The molecule has 114 valence electrons. The zero-order valence-corrected chi connectivity index (χ0v) is 11.2. The van der Waals surface area contributed by atoms with Gasteiger partial charge in [-0.1, -0.05) is 19.4 Å². The van der Waals surface area contributed by atoms with Crippen molar-refractivity contribution in [3.8, 4) is 5.75 Å². The summed E-state index contributed by atoms with van der Waals surface area (Å²) < 4.78 is 4.70. The van der Waals surface area contributed by atoms with Gasteiger partial charge in [-0.05, 0) is 18.6 Å². The highest BCUT2D eigenvalue weighted by Gasteiger charge is 2.22. The first-order chi connectivity index (χ1) is 9.86. The smallest absolute Gasteiger partial charge is 0.412 e. The average Bonchev–Trinajstić information content (AvgIpc) is 2.40. The molecule has 1 rings (SSSR count). The number of ether oxygens (including phenoxy) is 1. The molecule has 0 aliphatic rings. The molecule has 0 heterocycles. The van der Waals surface area contributed by atoms with Crippen molar-refractivity contribution in [2.24, 2.45) is 0 Å². The van der Waals surface area contributed by atoms with Crippen LogP contribution in [0.15, 0.2) is 18.2 Å². The molecule has 0 aliphatic heterocycles. The monoisotopic (exact) mass is 297 g/mol. The van der Waals surface area contributed by atoms with Gasteiger partial charge in [0.15, 0.2) is 5.75 Å². The summed E-state index contributed by atoms with van der Waals surface area (Å²) in [6.45, 7) is 1.74. The molecule has 0 saturated carbocycles. The van der Waals surface area contributed by atoms with Crippen molar-refractivity contribution >= 4 is 23.7 Å². The first-order valence-electron chi connectivity index (χ1n) is 6.12. The zero-order chi connectivity index (χ0) is 16.0. The predicted molar refractivity (Wildman–Crippen MR) is 71.5 cm³/mol. The van der Waals surface area contributed by atoms with Gasteiger partial charge in [-0.3, -0.25) is 5.32 Å². The van der Waals surface area contributed by atoms with Crippen molar-refractivity contribution < 1.29 is 34.4 Å². The second-order valence-electron chi connectivity index (χ2n) is 4.15. The summed E-state index contributed by atoms with van der Waals surface area (Å²) in [6.07, 6.45) is -1.75. The SMILES string of the molecule is CCCC(OC(=O)Nc1cccc(C(=O)O)c1O)C(=O)O. The highest BCUT2D eigenvalue weighted by Crippen LogP contribution is 2.27. The second-order valence-corrected chi connectivity index (χ2v) is 4.15. The Hall–Kier alpha value is -2.77. The molecule has 8 heteroatoms. The number of rotatable bonds is 6.